The van der Waals surface area contributed by atoms with Crippen LogP contribution < -0.4 is 19.5 Å². The molecular formula is C26H29NO7S. The van der Waals surface area contributed by atoms with E-state index in [0.29, 0.717) is 24.5 Å². The number of carboxylic acids is 1. The van der Waals surface area contributed by atoms with E-state index >= 15 is 0 Å². The van der Waals surface area contributed by atoms with Crippen molar-refractivity contribution in [3.05, 3.63) is 52.1 Å². The summed E-state index contributed by atoms with van der Waals surface area (Å²) in [7, 11) is 0. The number of imide groups is 1. The third-order valence-electron chi connectivity index (χ3n) is 6.56. The van der Waals surface area contributed by atoms with Gasteiger partial charge < -0.3 is 19.3 Å². The molecule has 2 heterocycles. The third-order valence-corrected chi connectivity index (χ3v) is 7.54. The number of carboxylic acid groups (broad SMARTS) is 1. The monoisotopic (exact) mass is 499 g/mol. The average Bonchev–Trinajstić information content (AvgIpc) is 3.13. The molecule has 2 unspecified atom stereocenters. The Hall–Kier alpha value is -3.20. The van der Waals surface area contributed by atoms with Gasteiger partial charge >= 0.3 is 5.97 Å². The molecule has 186 valence electrons. The molecule has 2 aliphatic heterocycles. The molecule has 1 saturated heterocycles. The predicted molar refractivity (Wildman–Crippen MR) is 132 cm³/mol. The first-order valence-electron chi connectivity index (χ1n) is 11.5. The first-order chi connectivity index (χ1) is 16.6. The summed E-state index contributed by atoms with van der Waals surface area (Å²) in [6.07, 6.45) is 1.99. The van der Waals surface area contributed by atoms with E-state index in [1.807, 2.05) is 52.0 Å². The highest BCUT2D eigenvalue weighted by Crippen LogP contribution is 2.44. The molecule has 2 aromatic carbocycles. The van der Waals surface area contributed by atoms with Gasteiger partial charge in [-0.1, -0.05) is 23.9 Å². The summed E-state index contributed by atoms with van der Waals surface area (Å²) < 4.78 is 18.1. The number of aliphatic carboxylic acids is 1. The Balaban J connectivity index is 1.41. The maximum Gasteiger partial charge on any atom is 0.341 e. The summed E-state index contributed by atoms with van der Waals surface area (Å²) in [5, 5.41) is 10.6. The van der Waals surface area contributed by atoms with Crippen molar-refractivity contribution >= 4 is 28.9 Å². The number of carbonyl (C=O) groups excluding carboxylic acids is 2. The summed E-state index contributed by atoms with van der Waals surface area (Å²) >= 11 is 1.02. The van der Waals surface area contributed by atoms with E-state index in [2.05, 4.69) is 5.32 Å². The number of hydrogen-bond donors (Lipinski definition) is 2. The normalized spacial score (nSPS) is 21.2. The molecule has 4 rings (SSSR count). The van der Waals surface area contributed by atoms with Crippen molar-refractivity contribution in [2.45, 2.75) is 57.8 Å². The van der Waals surface area contributed by atoms with E-state index in [1.54, 1.807) is 0 Å². The molecule has 0 bridgehead atoms. The molecule has 0 aromatic heterocycles. The second-order valence-corrected chi connectivity index (χ2v) is 10.4. The maximum absolute atomic E-state index is 11.8. The minimum atomic E-state index is -1.01. The molecule has 0 radical (unpaired) electrons. The fourth-order valence-corrected chi connectivity index (χ4v) is 5.29. The molecule has 1 fully saturated rings. The second-order valence-electron chi connectivity index (χ2n) is 9.27. The van der Waals surface area contributed by atoms with E-state index in [9.17, 15) is 14.4 Å². The Morgan fingerprint density at radius 3 is 2.49 bits per heavy atom. The molecule has 2 N–H and O–H groups in total. The van der Waals surface area contributed by atoms with Crippen LogP contribution in [-0.4, -0.2) is 46.3 Å². The van der Waals surface area contributed by atoms with Crippen LogP contribution in [0.4, 0.5) is 4.79 Å². The third kappa shape index (κ3) is 5.40. The molecular weight excluding hydrogens is 470 g/mol. The van der Waals surface area contributed by atoms with Crippen LogP contribution in [0.15, 0.2) is 24.3 Å². The van der Waals surface area contributed by atoms with Crippen molar-refractivity contribution in [3.63, 3.8) is 0 Å². The van der Waals surface area contributed by atoms with Gasteiger partial charge in [0, 0.05) is 5.56 Å². The average molecular weight is 500 g/mol. The minimum absolute atomic E-state index is 0.246. The lowest BCUT2D eigenvalue weighted by Crippen LogP contribution is -2.42. The number of hydrogen-bond acceptors (Lipinski definition) is 7. The Labute approximate surface area is 208 Å². The fourth-order valence-electron chi connectivity index (χ4n) is 4.43. The smallest absolute Gasteiger partial charge is 0.341 e. The lowest BCUT2D eigenvalue weighted by molar-refractivity contribution is -0.139. The number of ether oxygens (including phenoxy) is 3. The Morgan fingerprint density at radius 2 is 1.86 bits per heavy atom. The number of amides is 2. The van der Waals surface area contributed by atoms with Crippen molar-refractivity contribution in [2.24, 2.45) is 0 Å². The van der Waals surface area contributed by atoms with Crippen LogP contribution in [0.3, 0.4) is 0 Å². The van der Waals surface area contributed by atoms with Crippen LogP contribution >= 0.6 is 11.8 Å². The van der Waals surface area contributed by atoms with E-state index in [0.717, 1.165) is 58.2 Å². The van der Waals surface area contributed by atoms with Crippen LogP contribution in [0.25, 0.3) is 0 Å². The Morgan fingerprint density at radius 1 is 1.14 bits per heavy atom. The number of thioether (sulfide) groups is 1. The van der Waals surface area contributed by atoms with Gasteiger partial charge in [0.15, 0.2) is 6.61 Å². The molecule has 2 aliphatic rings. The van der Waals surface area contributed by atoms with Crippen LogP contribution in [-0.2, 0) is 22.4 Å². The summed E-state index contributed by atoms with van der Waals surface area (Å²) in [5.74, 6) is 0.878. The van der Waals surface area contributed by atoms with Crippen molar-refractivity contribution in [1.82, 2.24) is 5.32 Å². The van der Waals surface area contributed by atoms with Crippen molar-refractivity contribution in [1.29, 1.82) is 0 Å². The van der Waals surface area contributed by atoms with Gasteiger partial charge in [0.2, 0.25) is 5.91 Å². The van der Waals surface area contributed by atoms with Crippen molar-refractivity contribution < 1.29 is 33.7 Å². The minimum Gasteiger partial charge on any atom is -0.489 e. The summed E-state index contributed by atoms with van der Waals surface area (Å²) in [4.78, 5) is 34.1. The second kappa shape index (κ2) is 9.81. The van der Waals surface area contributed by atoms with Gasteiger partial charge in [-0.05, 0) is 81.3 Å². The van der Waals surface area contributed by atoms with E-state index in [4.69, 9.17) is 19.3 Å². The highest BCUT2D eigenvalue weighted by Gasteiger charge is 2.36. The van der Waals surface area contributed by atoms with Gasteiger partial charge in [-0.15, -0.1) is 0 Å². The zero-order valence-electron chi connectivity index (χ0n) is 20.2. The standard InChI is InChI=1S/C26H29NO7S/c1-14-15(2)23-19(16(3)22(14)32-12-21(28)29)9-10-26(4,34-23)13-33-18-7-5-17(6-8-18)11-20-24(30)27-25(31)35-20/h5-8,20H,9-13H2,1-4H3,(H,28,29)(H,27,30,31). The first-order valence-corrected chi connectivity index (χ1v) is 12.3. The number of fused-ring (bicyclic) bond motifs is 1. The zero-order chi connectivity index (χ0) is 25.3. The quantitative estimate of drug-likeness (QED) is 0.558. The maximum atomic E-state index is 11.8. The van der Waals surface area contributed by atoms with Gasteiger partial charge in [0.25, 0.3) is 5.24 Å². The van der Waals surface area contributed by atoms with Crippen LogP contribution in [0.5, 0.6) is 17.2 Å². The van der Waals surface area contributed by atoms with E-state index in [-0.39, 0.29) is 17.8 Å². The molecule has 2 aromatic rings. The number of carbonyl (C=O) groups is 3. The van der Waals surface area contributed by atoms with Crippen LogP contribution in [0, 0.1) is 20.8 Å². The fraction of sp³-hybridized carbons (Fsp3) is 0.423. The Kier molecular flexibility index (Phi) is 6.98. The SMILES string of the molecule is Cc1c(C)c2c(c(C)c1OCC(=O)O)CCC(C)(COc1ccc(CC3SC(=O)NC3=O)cc1)O2. The van der Waals surface area contributed by atoms with Gasteiger partial charge in [-0.3, -0.25) is 14.9 Å². The summed E-state index contributed by atoms with van der Waals surface area (Å²) in [5.41, 5.74) is 4.20. The zero-order valence-corrected chi connectivity index (χ0v) is 21.0. The number of benzene rings is 2. The largest absolute Gasteiger partial charge is 0.489 e. The van der Waals surface area contributed by atoms with Gasteiger partial charge in [-0.25, -0.2) is 4.79 Å². The lowest BCUT2D eigenvalue weighted by atomic mass is 9.87. The molecule has 8 nitrogen and oxygen atoms in total. The van der Waals surface area contributed by atoms with Crippen molar-refractivity contribution in [3.8, 4) is 17.2 Å². The molecule has 2 amide bonds. The number of nitrogens with one attached hydrogen (secondary N) is 1. The van der Waals surface area contributed by atoms with Gasteiger partial charge in [0.05, 0.1) is 5.25 Å². The molecule has 35 heavy (non-hydrogen) atoms. The summed E-state index contributed by atoms with van der Waals surface area (Å²) in [6.45, 7) is 7.82. The van der Waals surface area contributed by atoms with E-state index < -0.39 is 16.8 Å². The highest BCUT2D eigenvalue weighted by molar-refractivity contribution is 8.15. The molecule has 2 atom stereocenters. The topological polar surface area (TPSA) is 111 Å². The predicted octanol–water partition coefficient (Wildman–Crippen LogP) is 4.13. The van der Waals surface area contributed by atoms with Crippen LogP contribution in [0.2, 0.25) is 0 Å². The lowest BCUT2D eigenvalue weighted by Gasteiger charge is -2.38. The molecule has 9 heteroatoms. The van der Waals surface area contributed by atoms with Gasteiger partial charge in [-0.2, -0.15) is 0 Å². The summed E-state index contributed by atoms with van der Waals surface area (Å²) in [6, 6.07) is 7.53. The van der Waals surface area contributed by atoms with E-state index in [1.165, 1.54) is 0 Å². The molecule has 0 spiro atoms. The van der Waals surface area contributed by atoms with Gasteiger partial charge in [0.1, 0.15) is 29.5 Å². The highest BCUT2D eigenvalue weighted by atomic mass is 32.2. The first kappa shape index (κ1) is 24.9. The van der Waals surface area contributed by atoms with Crippen molar-refractivity contribution in [2.75, 3.05) is 13.2 Å². The van der Waals surface area contributed by atoms with Crippen LogP contribution in [0.1, 0.15) is 41.2 Å². The Bertz CT molecular complexity index is 1180. The molecule has 0 aliphatic carbocycles. The number of rotatable bonds is 8. The molecule has 0 saturated carbocycles.